The molecule has 4 rings (SSSR count). The molecule has 0 spiro atoms. The minimum absolute atomic E-state index is 0.563. The van der Waals surface area contributed by atoms with Crippen molar-refractivity contribution in [2.45, 2.75) is 39.0 Å². The summed E-state index contributed by atoms with van der Waals surface area (Å²) < 4.78 is 7.52. The summed E-state index contributed by atoms with van der Waals surface area (Å²) in [6, 6.07) is 12.1. The molecule has 0 unspecified atom stereocenters. The zero-order valence-corrected chi connectivity index (χ0v) is 15.8. The van der Waals surface area contributed by atoms with Crippen LogP contribution in [0.3, 0.4) is 0 Å². The van der Waals surface area contributed by atoms with E-state index in [1.54, 1.807) is 17.6 Å². The number of aryl methyl sites for hydroxylation is 1. The van der Waals surface area contributed by atoms with Crippen molar-refractivity contribution in [2.24, 2.45) is 16.0 Å². The molecule has 0 atom stereocenters. The average molecular weight is 366 g/mol. The standard InChI is InChI=1S/C21H23N3OS/c1-16-9-11-18(12-10-16)23-21-24(22-14-17-6-3-2-4-7-17)19(15-26-21)20-8-5-13-25-20/h5,8-15,17H,2-4,6-7H2,1H3. The van der Waals surface area contributed by atoms with Gasteiger partial charge in [0.05, 0.1) is 12.0 Å². The van der Waals surface area contributed by atoms with Crippen LogP contribution in [0.5, 0.6) is 0 Å². The van der Waals surface area contributed by atoms with Crippen LogP contribution in [-0.2, 0) is 0 Å². The van der Waals surface area contributed by atoms with Crippen LogP contribution in [0.1, 0.15) is 37.7 Å². The van der Waals surface area contributed by atoms with Gasteiger partial charge < -0.3 is 4.42 Å². The maximum Gasteiger partial charge on any atom is 0.211 e. The van der Waals surface area contributed by atoms with Gasteiger partial charge in [-0.1, -0.05) is 37.0 Å². The molecule has 1 aliphatic rings. The second kappa shape index (κ2) is 7.87. The van der Waals surface area contributed by atoms with Crippen LogP contribution in [0.25, 0.3) is 11.5 Å². The Hall–Kier alpha value is -2.40. The molecule has 2 aromatic heterocycles. The molecule has 1 saturated carbocycles. The van der Waals surface area contributed by atoms with E-state index < -0.39 is 0 Å². The van der Waals surface area contributed by atoms with Crippen LogP contribution in [0.2, 0.25) is 0 Å². The number of furan rings is 1. The highest BCUT2D eigenvalue weighted by atomic mass is 32.1. The molecule has 0 saturated heterocycles. The van der Waals surface area contributed by atoms with E-state index in [0.717, 1.165) is 21.9 Å². The van der Waals surface area contributed by atoms with E-state index in [4.69, 9.17) is 14.5 Å². The third kappa shape index (κ3) is 3.88. The van der Waals surface area contributed by atoms with Crippen molar-refractivity contribution < 1.29 is 4.42 Å². The van der Waals surface area contributed by atoms with Gasteiger partial charge in [-0.3, -0.25) is 0 Å². The second-order valence-corrected chi connectivity index (χ2v) is 7.64. The summed E-state index contributed by atoms with van der Waals surface area (Å²) >= 11 is 1.58. The molecule has 26 heavy (non-hydrogen) atoms. The summed E-state index contributed by atoms with van der Waals surface area (Å²) in [5.74, 6) is 1.38. The highest BCUT2D eigenvalue weighted by Gasteiger charge is 2.13. The van der Waals surface area contributed by atoms with Gasteiger partial charge >= 0.3 is 0 Å². The van der Waals surface area contributed by atoms with Gasteiger partial charge in [0.25, 0.3) is 0 Å². The summed E-state index contributed by atoms with van der Waals surface area (Å²) in [5, 5.41) is 6.87. The van der Waals surface area contributed by atoms with Crippen LogP contribution in [0.4, 0.5) is 5.69 Å². The third-order valence-corrected chi connectivity index (χ3v) is 5.58. The van der Waals surface area contributed by atoms with E-state index in [1.165, 1.54) is 37.7 Å². The van der Waals surface area contributed by atoms with Crippen LogP contribution < -0.4 is 4.80 Å². The molecular formula is C21H23N3OS. The van der Waals surface area contributed by atoms with Gasteiger partial charge in [0.1, 0.15) is 5.69 Å². The van der Waals surface area contributed by atoms with Crippen LogP contribution in [0, 0.1) is 12.8 Å². The molecule has 4 nitrogen and oxygen atoms in total. The molecule has 3 aromatic rings. The molecule has 134 valence electrons. The predicted octanol–water partition coefficient (Wildman–Crippen LogP) is 5.76. The fourth-order valence-corrected chi connectivity index (χ4v) is 4.09. The van der Waals surface area contributed by atoms with E-state index in [0.29, 0.717) is 5.92 Å². The molecule has 0 bridgehead atoms. The van der Waals surface area contributed by atoms with E-state index in [9.17, 15) is 0 Å². The molecular weight excluding hydrogens is 342 g/mol. The van der Waals surface area contributed by atoms with Gasteiger partial charge in [-0.15, -0.1) is 11.3 Å². The minimum Gasteiger partial charge on any atom is -0.463 e. The van der Waals surface area contributed by atoms with Gasteiger partial charge in [-0.05, 0) is 49.9 Å². The Labute approximate surface area is 157 Å². The Kier molecular flexibility index (Phi) is 5.16. The summed E-state index contributed by atoms with van der Waals surface area (Å²) in [6.45, 7) is 2.08. The summed E-state index contributed by atoms with van der Waals surface area (Å²) in [4.78, 5) is 5.66. The van der Waals surface area contributed by atoms with Crippen molar-refractivity contribution in [1.82, 2.24) is 4.68 Å². The summed E-state index contributed by atoms with van der Waals surface area (Å²) in [6.07, 6.45) is 10.2. The first kappa shape index (κ1) is 17.0. The first-order chi connectivity index (χ1) is 12.8. The molecule has 1 fully saturated rings. The molecule has 5 heteroatoms. The smallest absolute Gasteiger partial charge is 0.211 e. The fourth-order valence-electron chi connectivity index (χ4n) is 3.26. The minimum atomic E-state index is 0.563. The lowest BCUT2D eigenvalue weighted by Gasteiger charge is -2.16. The first-order valence-corrected chi connectivity index (χ1v) is 10.1. The Morgan fingerprint density at radius 2 is 1.92 bits per heavy atom. The van der Waals surface area contributed by atoms with Crippen molar-refractivity contribution in [3.63, 3.8) is 0 Å². The van der Waals surface area contributed by atoms with Crippen LogP contribution >= 0.6 is 11.3 Å². The number of hydrogen-bond donors (Lipinski definition) is 0. The average Bonchev–Trinajstić information content (AvgIpc) is 3.32. The van der Waals surface area contributed by atoms with E-state index in [2.05, 4.69) is 30.7 Å². The van der Waals surface area contributed by atoms with Crippen molar-refractivity contribution in [3.05, 3.63) is 58.4 Å². The molecule has 2 heterocycles. The largest absolute Gasteiger partial charge is 0.463 e. The lowest BCUT2D eigenvalue weighted by atomic mass is 9.90. The summed E-state index contributed by atoms with van der Waals surface area (Å²) in [5.41, 5.74) is 3.11. The predicted molar refractivity (Wildman–Crippen MR) is 107 cm³/mol. The number of nitrogens with zero attached hydrogens (tertiary/aromatic N) is 3. The van der Waals surface area contributed by atoms with Gasteiger partial charge in [0.15, 0.2) is 5.76 Å². The highest BCUT2D eigenvalue weighted by Crippen LogP contribution is 2.24. The zero-order valence-electron chi connectivity index (χ0n) is 15.0. The number of hydrogen-bond acceptors (Lipinski definition) is 4. The van der Waals surface area contributed by atoms with E-state index >= 15 is 0 Å². The lowest BCUT2D eigenvalue weighted by Crippen LogP contribution is -2.14. The highest BCUT2D eigenvalue weighted by molar-refractivity contribution is 7.07. The molecule has 1 aliphatic carbocycles. The molecule has 0 radical (unpaired) electrons. The Morgan fingerprint density at radius 1 is 1.12 bits per heavy atom. The number of thiazole rings is 1. The Morgan fingerprint density at radius 3 is 2.65 bits per heavy atom. The maximum atomic E-state index is 5.60. The molecule has 0 amide bonds. The fraction of sp³-hybridized carbons (Fsp3) is 0.333. The lowest BCUT2D eigenvalue weighted by molar-refractivity contribution is 0.443. The van der Waals surface area contributed by atoms with Gasteiger partial charge in [0.2, 0.25) is 4.80 Å². The monoisotopic (exact) mass is 365 g/mol. The van der Waals surface area contributed by atoms with E-state index in [-0.39, 0.29) is 0 Å². The van der Waals surface area contributed by atoms with Crippen molar-refractivity contribution >= 4 is 23.2 Å². The second-order valence-electron chi connectivity index (χ2n) is 6.80. The van der Waals surface area contributed by atoms with Crippen molar-refractivity contribution in [3.8, 4) is 11.5 Å². The van der Waals surface area contributed by atoms with Gasteiger partial charge in [-0.2, -0.15) is 5.10 Å². The third-order valence-electron chi connectivity index (χ3n) is 4.76. The quantitative estimate of drug-likeness (QED) is 0.542. The number of rotatable bonds is 4. The molecule has 0 aliphatic heterocycles. The molecule has 0 N–H and O–H groups in total. The van der Waals surface area contributed by atoms with Gasteiger partial charge in [0, 0.05) is 11.6 Å². The number of aromatic nitrogens is 1. The van der Waals surface area contributed by atoms with E-state index in [1.807, 2.05) is 28.9 Å². The van der Waals surface area contributed by atoms with Crippen LogP contribution in [0.15, 0.2) is 62.6 Å². The SMILES string of the molecule is Cc1ccc(N=c2scc(-c3ccco3)n2N=CC2CCCCC2)cc1. The molecule has 1 aromatic carbocycles. The topological polar surface area (TPSA) is 42.8 Å². The van der Waals surface area contributed by atoms with Crippen LogP contribution in [-0.4, -0.2) is 10.9 Å². The Bertz CT molecular complexity index is 927. The van der Waals surface area contributed by atoms with Gasteiger partial charge in [-0.25, -0.2) is 9.67 Å². The summed E-state index contributed by atoms with van der Waals surface area (Å²) in [7, 11) is 0. The Balaban J connectivity index is 1.74. The van der Waals surface area contributed by atoms with Crippen molar-refractivity contribution in [2.75, 3.05) is 0 Å². The number of benzene rings is 1. The van der Waals surface area contributed by atoms with Crippen molar-refractivity contribution in [1.29, 1.82) is 0 Å². The zero-order chi connectivity index (χ0) is 17.8. The normalized spacial score (nSPS) is 16.6. The first-order valence-electron chi connectivity index (χ1n) is 9.20. The maximum absolute atomic E-state index is 5.60.